The fraction of sp³-hybridized carbons (Fsp3) is 0.636. The molecular weight excluding hydrogens is 372 g/mol. The molecule has 2 fully saturated rings. The molecule has 3 rings (SSSR count). The van der Waals surface area contributed by atoms with Crippen LogP contribution in [0.4, 0.5) is 0 Å². The van der Waals surface area contributed by atoms with Gasteiger partial charge in [-0.2, -0.15) is 0 Å². The third-order valence-corrected chi connectivity index (χ3v) is 5.69. The highest BCUT2D eigenvalue weighted by Gasteiger charge is 2.44. The van der Waals surface area contributed by atoms with Crippen LogP contribution in [0.15, 0.2) is 12.1 Å². The predicted molar refractivity (Wildman–Crippen MR) is 109 cm³/mol. The van der Waals surface area contributed by atoms with Crippen molar-refractivity contribution >= 4 is 11.8 Å². The molecule has 1 heterocycles. The summed E-state index contributed by atoms with van der Waals surface area (Å²) in [5, 5.41) is 3.04. The van der Waals surface area contributed by atoms with Gasteiger partial charge in [0, 0.05) is 31.5 Å². The summed E-state index contributed by atoms with van der Waals surface area (Å²) in [7, 11) is 4.71. The third kappa shape index (κ3) is 4.60. The van der Waals surface area contributed by atoms with Gasteiger partial charge in [-0.05, 0) is 36.5 Å². The normalized spacial score (nSPS) is 21.2. The third-order valence-electron chi connectivity index (χ3n) is 5.69. The molecule has 0 radical (unpaired) electrons. The Labute approximate surface area is 172 Å². The number of carbonyl (C=O) groups excluding carboxylic acids is 2. The lowest BCUT2D eigenvalue weighted by atomic mass is 9.87. The molecule has 1 aliphatic heterocycles. The molecule has 7 heteroatoms. The summed E-state index contributed by atoms with van der Waals surface area (Å²) in [5.41, 5.74) is 0.912. The van der Waals surface area contributed by atoms with Crippen LogP contribution in [-0.2, 0) is 9.59 Å². The van der Waals surface area contributed by atoms with Gasteiger partial charge in [-0.3, -0.25) is 9.59 Å². The lowest BCUT2D eigenvalue weighted by Crippen LogP contribution is -2.37. The number of nitrogens with zero attached hydrogens (tertiary/aromatic N) is 1. The first-order chi connectivity index (χ1) is 13.9. The van der Waals surface area contributed by atoms with Gasteiger partial charge in [0.1, 0.15) is 0 Å². The number of hydrogen-bond acceptors (Lipinski definition) is 5. The highest BCUT2D eigenvalue weighted by atomic mass is 16.5. The second-order valence-corrected chi connectivity index (χ2v) is 8.33. The van der Waals surface area contributed by atoms with Gasteiger partial charge in [0.05, 0.1) is 27.2 Å². The van der Waals surface area contributed by atoms with Crippen molar-refractivity contribution in [2.24, 2.45) is 17.8 Å². The molecule has 0 spiro atoms. The van der Waals surface area contributed by atoms with Crippen molar-refractivity contribution < 1.29 is 23.8 Å². The van der Waals surface area contributed by atoms with Crippen LogP contribution in [0.2, 0.25) is 0 Å². The van der Waals surface area contributed by atoms with E-state index in [1.807, 2.05) is 17.0 Å². The van der Waals surface area contributed by atoms with Crippen LogP contribution < -0.4 is 19.5 Å². The minimum atomic E-state index is -0.306. The smallest absolute Gasteiger partial charge is 0.225 e. The summed E-state index contributed by atoms with van der Waals surface area (Å²) in [5.74, 6) is 1.84. The van der Waals surface area contributed by atoms with Crippen molar-refractivity contribution in [3.63, 3.8) is 0 Å². The van der Waals surface area contributed by atoms with Crippen LogP contribution in [-0.4, -0.2) is 57.7 Å². The minimum Gasteiger partial charge on any atom is -0.493 e. The van der Waals surface area contributed by atoms with Gasteiger partial charge in [-0.25, -0.2) is 0 Å². The first-order valence-electron chi connectivity index (χ1n) is 10.3. The summed E-state index contributed by atoms with van der Waals surface area (Å²) in [6, 6.07) is 3.78. The van der Waals surface area contributed by atoms with E-state index in [9.17, 15) is 9.59 Å². The summed E-state index contributed by atoms with van der Waals surface area (Å²) in [4.78, 5) is 27.5. The van der Waals surface area contributed by atoms with E-state index in [-0.39, 0.29) is 29.6 Å². The predicted octanol–water partition coefficient (Wildman–Crippen LogP) is 2.44. The molecule has 2 amide bonds. The lowest BCUT2D eigenvalue weighted by molar-refractivity contribution is -0.132. The molecule has 1 saturated carbocycles. The van der Waals surface area contributed by atoms with E-state index in [1.54, 1.807) is 21.3 Å². The quantitative estimate of drug-likeness (QED) is 0.720. The summed E-state index contributed by atoms with van der Waals surface area (Å²) in [6.45, 7) is 5.71. The molecule has 2 unspecified atom stereocenters. The first kappa shape index (κ1) is 21.3. The molecule has 2 atom stereocenters. The Morgan fingerprint density at radius 2 is 1.69 bits per heavy atom. The van der Waals surface area contributed by atoms with Crippen LogP contribution in [0.5, 0.6) is 17.2 Å². The Hall–Kier alpha value is -2.44. The standard InChI is InChI=1S/C22H32N2O5/c1-13(2)10-23-21(25)17-12-24(22(26)14-6-7-14)11-16(17)15-8-18(27-3)20(29-5)19(9-15)28-4/h8-9,13-14,16-17H,6-7,10-12H2,1-5H3,(H,23,25). The number of rotatable bonds is 8. The first-order valence-corrected chi connectivity index (χ1v) is 10.3. The average Bonchev–Trinajstić information content (AvgIpc) is 3.48. The molecule has 7 nitrogen and oxygen atoms in total. The molecule has 29 heavy (non-hydrogen) atoms. The number of amides is 2. The molecule has 0 aromatic heterocycles. The zero-order chi connectivity index (χ0) is 21.1. The van der Waals surface area contributed by atoms with Gasteiger partial charge in [0.15, 0.2) is 11.5 Å². The minimum absolute atomic E-state index is 0.0106. The molecule has 1 aromatic rings. The van der Waals surface area contributed by atoms with E-state index in [0.717, 1.165) is 18.4 Å². The number of carbonyl (C=O) groups is 2. The van der Waals surface area contributed by atoms with Crippen molar-refractivity contribution in [1.82, 2.24) is 10.2 Å². The van der Waals surface area contributed by atoms with Crippen LogP contribution in [0.1, 0.15) is 38.2 Å². The topological polar surface area (TPSA) is 77.1 Å². The molecule has 2 aliphatic rings. The second-order valence-electron chi connectivity index (χ2n) is 8.33. The summed E-state index contributed by atoms with van der Waals surface area (Å²) in [6.07, 6.45) is 1.91. The molecule has 1 aliphatic carbocycles. The number of ether oxygens (including phenoxy) is 3. The molecule has 160 valence electrons. The molecule has 1 N–H and O–H groups in total. The van der Waals surface area contributed by atoms with E-state index in [1.165, 1.54) is 0 Å². The number of benzene rings is 1. The Morgan fingerprint density at radius 1 is 1.07 bits per heavy atom. The maximum absolute atomic E-state index is 13.0. The number of nitrogens with one attached hydrogen (secondary N) is 1. The molecule has 1 saturated heterocycles. The monoisotopic (exact) mass is 404 g/mol. The van der Waals surface area contributed by atoms with Crippen LogP contribution >= 0.6 is 0 Å². The summed E-state index contributed by atoms with van der Waals surface area (Å²) >= 11 is 0. The second kappa shape index (κ2) is 8.93. The SMILES string of the molecule is COc1cc(C2CN(C(=O)C3CC3)CC2C(=O)NCC(C)C)cc(OC)c1OC. The fourth-order valence-corrected chi connectivity index (χ4v) is 3.93. The van der Waals surface area contributed by atoms with Gasteiger partial charge in [0.2, 0.25) is 17.6 Å². The van der Waals surface area contributed by atoms with Gasteiger partial charge < -0.3 is 24.4 Å². The number of methoxy groups -OCH3 is 3. The summed E-state index contributed by atoms with van der Waals surface area (Å²) < 4.78 is 16.4. The highest BCUT2D eigenvalue weighted by molar-refractivity contribution is 5.85. The van der Waals surface area contributed by atoms with E-state index < -0.39 is 0 Å². The molecule has 1 aromatic carbocycles. The Bertz CT molecular complexity index is 735. The van der Waals surface area contributed by atoms with Crippen molar-refractivity contribution in [1.29, 1.82) is 0 Å². The zero-order valence-corrected chi connectivity index (χ0v) is 18.0. The average molecular weight is 405 g/mol. The van der Waals surface area contributed by atoms with Crippen LogP contribution in [0.25, 0.3) is 0 Å². The Morgan fingerprint density at radius 3 is 2.17 bits per heavy atom. The largest absolute Gasteiger partial charge is 0.493 e. The molecule has 0 bridgehead atoms. The number of hydrogen-bond donors (Lipinski definition) is 1. The van der Waals surface area contributed by atoms with Gasteiger partial charge >= 0.3 is 0 Å². The van der Waals surface area contributed by atoms with Gasteiger partial charge in [0.25, 0.3) is 0 Å². The Balaban J connectivity index is 1.92. The van der Waals surface area contributed by atoms with Gasteiger partial charge in [-0.15, -0.1) is 0 Å². The van der Waals surface area contributed by atoms with E-state index >= 15 is 0 Å². The van der Waals surface area contributed by atoms with Crippen LogP contribution in [0.3, 0.4) is 0 Å². The van der Waals surface area contributed by atoms with Crippen molar-refractivity contribution in [2.75, 3.05) is 41.0 Å². The maximum atomic E-state index is 13.0. The zero-order valence-electron chi connectivity index (χ0n) is 18.0. The van der Waals surface area contributed by atoms with Crippen molar-refractivity contribution in [3.05, 3.63) is 17.7 Å². The van der Waals surface area contributed by atoms with E-state index in [4.69, 9.17) is 14.2 Å². The fourth-order valence-electron chi connectivity index (χ4n) is 3.93. The molecular formula is C22H32N2O5. The maximum Gasteiger partial charge on any atom is 0.225 e. The van der Waals surface area contributed by atoms with Crippen LogP contribution in [0, 0.1) is 17.8 Å². The lowest BCUT2D eigenvalue weighted by Gasteiger charge is -2.21. The van der Waals surface area contributed by atoms with Gasteiger partial charge in [-0.1, -0.05) is 13.8 Å². The van der Waals surface area contributed by atoms with Crippen molar-refractivity contribution in [2.45, 2.75) is 32.6 Å². The van der Waals surface area contributed by atoms with E-state index in [2.05, 4.69) is 19.2 Å². The highest BCUT2D eigenvalue weighted by Crippen LogP contribution is 2.44. The van der Waals surface area contributed by atoms with Crippen molar-refractivity contribution in [3.8, 4) is 17.2 Å². The van der Waals surface area contributed by atoms with E-state index in [0.29, 0.717) is 42.8 Å². The Kier molecular flexibility index (Phi) is 6.55. The number of likely N-dealkylation sites (tertiary alicyclic amines) is 1.